The summed E-state index contributed by atoms with van der Waals surface area (Å²) in [5, 5.41) is 5.74. The van der Waals surface area contributed by atoms with Gasteiger partial charge in [0.15, 0.2) is 5.69 Å². The molecule has 0 N–H and O–H groups in total. The molecule has 0 radical (unpaired) electrons. The molecule has 0 aliphatic rings. The molecule has 0 unspecified atom stereocenters. The standard InChI is InChI=1S/C17H13N3O/c1-2-6-13(7-3-1)12-20-15-9-5-4-8-14(15)16(19-20)17-18-10-11-21-17/h1-11H,12H2. The number of hydrogen-bond acceptors (Lipinski definition) is 3. The highest BCUT2D eigenvalue weighted by Crippen LogP contribution is 2.27. The van der Waals surface area contributed by atoms with Crippen molar-refractivity contribution in [2.75, 3.05) is 0 Å². The van der Waals surface area contributed by atoms with Crippen LogP contribution < -0.4 is 0 Å². The maximum Gasteiger partial charge on any atom is 0.247 e. The van der Waals surface area contributed by atoms with Crippen molar-refractivity contribution in [2.45, 2.75) is 6.54 Å². The summed E-state index contributed by atoms with van der Waals surface area (Å²) in [6, 6.07) is 18.4. The Morgan fingerprint density at radius 3 is 2.57 bits per heavy atom. The molecule has 0 aliphatic heterocycles. The van der Waals surface area contributed by atoms with Crippen LogP contribution in [0.15, 0.2) is 71.5 Å². The lowest BCUT2D eigenvalue weighted by atomic mass is 10.2. The van der Waals surface area contributed by atoms with E-state index in [1.807, 2.05) is 41.1 Å². The number of oxazole rings is 1. The average Bonchev–Trinajstić information content (AvgIpc) is 3.17. The summed E-state index contributed by atoms with van der Waals surface area (Å²) < 4.78 is 7.39. The minimum absolute atomic E-state index is 0.554. The van der Waals surface area contributed by atoms with E-state index in [-0.39, 0.29) is 0 Å². The van der Waals surface area contributed by atoms with Crippen LogP contribution in [0.3, 0.4) is 0 Å². The molecule has 4 rings (SSSR count). The topological polar surface area (TPSA) is 43.9 Å². The van der Waals surface area contributed by atoms with Gasteiger partial charge in [0, 0.05) is 5.39 Å². The van der Waals surface area contributed by atoms with Gasteiger partial charge < -0.3 is 4.42 Å². The molecule has 4 heteroatoms. The van der Waals surface area contributed by atoms with Crippen molar-refractivity contribution in [3.8, 4) is 11.6 Å². The highest BCUT2D eigenvalue weighted by molar-refractivity contribution is 5.91. The van der Waals surface area contributed by atoms with Crippen molar-refractivity contribution in [1.29, 1.82) is 0 Å². The summed E-state index contributed by atoms with van der Waals surface area (Å²) in [5.41, 5.74) is 3.07. The Kier molecular flexibility index (Phi) is 2.78. The van der Waals surface area contributed by atoms with Crippen LogP contribution in [-0.4, -0.2) is 14.8 Å². The van der Waals surface area contributed by atoms with Gasteiger partial charge in [-0.05, 0) is 11.6 Å². The lowest BCUT2D eigenvalue weighted by Gasteiger charge is -2.03. The molecule has 2 heterocycles. The molecule has 4 aromatic rings. The van der Waals surface area contributed by atoms with E-state index in [1.165, 1.54) is 5.56 Å². The van der Waals surface area contributed by atoms with Gasteiger partial charge in [0.05, 0.1) is 18.3 Å². The molecular weight excluding hydrogens is 262 g/mol. The monoisotopic (exact) mass is 275 g/mol. The Bertz CT molecular complexity index is 864. The minimum Gasteiger partial charge on any atom is -0.443 e. The highest BCUT2D eigenvalue weighted by atomic mass is 16.3. The van der Waals surface area contributed by atoms with Gasteiger partial charge >= 0.3 is 0 Å². The van der Waals surface area contributed by atoms with Gasteiger partial charge in [-0.25, -0.2) is 4.98 Å². The summed E-state index contributed by atoms with van der Waals surface area (Å²) in [4.78, 5) is 4.21. The third kappa shape index (κ3) is 2.10. The highest BCUT2D eigenvalue weighted by Gasteiger charge is 2.15. The maximum absolute atomic E-state index is 5.40. The zero-order chi connectivity index (χ0) is 14.1. The van der Waals surface area contributed by atoms with E-state index in [0.717, 1.165) is 23.1 Å². The first-order valence-corrected chi connectivity index (χ1v) is 6.81. The fraction of sp³-hybridized carbons (Fsp3) is 0.0588. The van der Waals surface area contributed by atoms with E-state index < -0.39 is 0 Å². The summed E-state index contributed by atoms with van der Waals surface area (Å²) in [7, 11) is 0. The van der Waals surface area contributed by atoms with Gasteiger partial charge in [0.2, 0.25) is 5.89 Å². The molecule has 2 aromatic heterocycles. The first kappa shape index (κ1) is 11.9. The molecule has 2 aromatic carbocycles. The van der Waals surface area contributed by atoms with Crippen LogP contribution in [0.25, 0.3) is 22.5 Å². The molecule has 0 aliphatic carbocycles. The molecule has 0 amide bonds. The number of para-hydroxylation sites is 1. The molecule has 0 saturated carbocycles. The number of rotatable bonds is 3. The van der Waals surface area contributed by atoms with Crippen LogP contribution in [-0.2, 0) is 6.54 Å². The lowest BCUT2D eigenvalue weighted by molar-refractivity contribution is 0.569. The Morgan fingerprint density at radius 1 is 0.952 bits per heavy atom. The third-order valence-electron chi connectivity index (χ3n) is 3.47. The second-order valence-electron chi connectivity index (χ2n) is 4.85. The molecule has 21 heavy (non-hydrogen) atoms. The fourth-order valence-corrected chi connectivity index (χ4v) is 2.50. The van der Waals surface area contributed by atoms with Crippen molar-refractivity contribution in [1.82, 2.24) is 14.8 Å². The molecule has 0 bridgehead atoms. The molecule has 0 fully saturated rings. The summed E-state index contributed by atoms with van der Waals surface area (Å²) in [6.07, 6.45) is 3.21. The number of nitrogens with zero attached hydrogens (tertiary/aromatic N) is 3. The predicted molar refractivity (Wildman–Crippen MR) is 80.8 cm³/mol. The normalized spacial score (nSPS) is 11.0. The van der Waals surface area contributed by atoms with E-state index >= 15 is 0 Å². The molecule has 0 spiro atoms. The van der Waals surface area contributed by atoms with E-state index in [2.05, 4.69) is 28.3 Å². The molecule has 4 nitrogen and oxygen atoms in total. The average molecular weight is 275 g/mol. The zero-order valence-corrected chi connectivity index (χ0v) is 11.3. The number of fused-ring (bicyclic) bond motifs is 1. The van der Waals surface area contributed by atoms with Crippen molar-refractivity contribution >= 4 is 10.9 Å². The Labute approximate surface area is 121 Å². The second-order valence-corrected chi connectivity index (χ2v) is 4.85. The number of hydrogen-bond donors (Lipinski definition) is 0. The zero-order valence-electron chi connectivity index (χ0n) is 11.3. The Hall–Kier alpha value is -2.88. The van der Waals surface area contributed by atoms with Gasteiger partial charge in [-0.15, -0.1) is 0 Å². The lowest BCUT2D eigenvalue weighted by Crippen LogP contribution is -2.01. The predicted octanol–water partition coefficient (Wildman–Crippen LogP) is 3.74. The van der Waals surface area contributed by atoms with Crippen molar-refractivity contribution in [3.63, 3.8) is 0 Å². The second kappa shape index (κ2) is 4.90. The van der Waals surface area contributed by atoms with Crippen molar-refractivity contribution in [3.05, 3.63) is 72.6 Å². The van der Waals surface area contributed by atoms with Crippen LogP contribution in [0.1, 0.15) is 5.56 Å². The smallest absolute Gasteiger partial charge is 0.247 e. The summed E-state index contributed by atoms with van der Waals surface area (Å²) in [5.74, 6) is 0.554. The quantitative estimate of drug-likeness (QED) is 0.572. The summed E-state index contributed by atoms with van der Waals surface area (Å²) >= 11 is 0. The number of benzene rings is 2. The molecular formula is C17H13N3O. The van der Waals surface area contributed by atoms with Crippen LogP contribution in [0.4, 0.5) is 0 Å². The third-order valence-corrected chi connectivity index (χ3v) is 3.47. The fourth-order valence-electron chi connectivity index (χ4n) is 2.50. The number of aromatic nitrogens is 3. The SMILES string of the molecule is c1ccc(Cn2nc(-c3ncco3)c3ccccc32)cc1. The van der Waals surface area contributed by atoms with Gasteiger partial charge in [-0.3, -0.25) is 4.68 Å². The van der Waals surface area contributed by atoms with Gasteiger partial charge in [0.1, 0.15) is 6.26 Å². The Morgan fingerprint density at radius 2 is 1.76 bits per heavy atom. The first-order chi connectivity index (χ1) is 10.4. The summed E-state index contributed by atoms with van der Waals surface area (Å²) in [6.45, 7) is 0.724. The van der Waals surface area contributed by atoms with Crippen LogP contribution in [0.2, 0.25) is 0 Å². The van der Waals surface area contributed by atoms with E-state index in [4.69, 9.17) is 4.42 Å². The molecule has 0 atom stereocenters. The molecule has 102 valence electrons. The minimum atomic E-state index is 0.554. The maximum atomic E-state index is 5.40. The first-order valence-electron chi connectivity index (χ1n) is 6.81. The van der Waals surface area contributed by atoms with E-state index in [0.29, 0.717) is 5.89 Å². The van der Waals surface area contributed by atoms with Crippen molar-refractivity contribution < 1.29 is 4.42 Å². The Balaban J connectivity index is 1.86. The van der Waals surface area contributed by atoms with E-state index in [1.54, 1.807) is 12.5 Å². The largest absolute Gasteiger partial charge is 0.443 e. The van der Waals surface area contributed by atoms with Gasteiger partial charge in [-0.2, -0.15) is 5.10 Å². The van der Waals surface area contributed by atoms with Crippen LogP contribution in [0.5, 0.6) is 0 Å². The van der Waals surface area contributed by atoms with Gasteiger partial charge in [0.25, 0.3) is 0 Å². The van der Waals surface area contributed by atoms with Crippen LogP contribution in [0, 0.1) is 0 Å². The molecule has 0 saturated heterocycles. The van der Waals surface area contributed by atoms with E-state index in [9.17, 15) is 0 Å². The van der Waals surface area contributed by atoms with Crippen molar-refractivity contribution in [2.24, 2.45) is 0 Å². The van der Waals surface area contributed by atoms with Gasteiger partial charge in [-0.1, -0.05) is 48.5 Å². The van der Waals surface area contributed by atoms with Crippen LogP contribution >= 0.6 is 0 Å².